The molecule has 1 amide bonds. The maximum absolute atomic E-state index is 12.3. The van der Waals surface area contributed by atoms with Crippen LogP contribution >= 0.6 is 0 Å². The van der Waals surface area contributed by atoms with Crippen molar-refractivity contribution < 1.29 is 4.79 Å². The van der Waals surface area contributed by atoms with Crippen molar-refractivity contribution in [3.8, 4) is 0 Å². The molecular weight excluding hydrogens is 264 g/mol. The van der Waals surface area contributed by atoms with Crippen LogP contribution in [0.25, 0.3) is 0 Å². The zero-order valence-electron chi connectivity index (χ0n) is 12.1. The van der Waals surface area contributed by atoms with Crippen LogP contribution in [0.3, 0.4) is 0 Å². The number of anilines is 2. The van der Waals surface area contributed by atoms with Crippen LogP contribution in [-0.4, -0.2) is 30.0 Å². The van der Waals surface area contributed by atoms with Crippen molar-refractivity contribution in [1.29, 1.82) is 0 Å². The Morgan fingerprint density at radius 1 is 1.29 bits per heavy atom. The Balaban J connectivity index is 1.32. The van der Waals surface area contributed by atoms with E-state index in [4.69, 9.17) is 0 Å². The third-order valence-corrected chi connectivity index (χ3v) is 5.29. The van der Waals surface area contributed by atoms with Gasteiger partial charge in [-0.3, -0.25) is 4.79 Å². The van der Waals surface area contributed by atoms with E-state index in [2.05, 4.69) is 20.9 Å². The average molecular weight is 286 g/mol. The molecule has 3 aliphatic rings. The van der Waals surface area contributed by atoms with Gasteiger partial charge in [0.1, 0.15) is 5.82 Å². The summed E-state index contributed by atoms with van der Waals surface area (Å²) in [5.74, 6) is 2.49. The summed E-state index contributed by atoms with van der Waals surface area (Å²) in [5, 5.41) is 9.78. The summed E-state index contributed by atoms with van der Waals surface area (Å²) in [6, 6.07) is 4.48. The molecule has 2 heterocycles. The molecule has 5 heteroatoms. The van der Waals surface area contributed by atoms with E-state index in [9.17, 15) is 4.79 Å². The van der Waals surface area contributed by atoms with Gasteiger partial charge in [-0.15, -0.1) is 0 Å². The van der Waals surface area contributed by atoms with Crippen molar-refractivity contribution in [2.24, 2.45) is 17.8 Å². The Bertz CT molecular complexity index is 526. The molecule has 0 aromatic carbocycles. The Labute approximate surface area is 124 Å². The van der Waals surface area contributed by atoms with Gasteiger partial charge in [-0.1, -0.05) is 0 Å². The Hall–Kier alpha value is -1.62. The van der Waals surface area contributed by atoms with Gasteiger partial charge in [0.25, 0.3) is 0 Å². The van der Waals surface area contributed by atoms with Gasteiger partial charge in [0.2, 0.25) is 5.91 Å². The maximum atomic E-state index is 12.3. The lowest BCUT2D eigenvalue weighted by atomic mass is 9.66. The molecule has 1 aromatic rings. The van der Waals surface area contributed by atoms with E-state index in [1.54, 1.807) is 6.20 Å². The number of nitrogens with zero attached hydrogens (tertiary/aromatic N) is 1. The van der Waals surface area contributed by atoms with E-state index in [0.717, 1.165) is 31.0 Å². The number of aromatic nitrogens is 1. The fourth-order valence-electron chi connectivity index (χ4n) is 3.64. The van der Waals surface area contributed by atoms with Crippen LogP contribution in [0.2, 0.25) is 0 Å². The molecule has 0 radical (unpaired) electrons. The first-order valence-corrected chi connectivity index (χ1v) is 8.04. The maximum Gasteiger partial charge on any atom is 0.227 e. The fraction of sp³-hybridized carbons (Fsp3) is 0.625. The van der Waals surface area contributed by atoms with Crippen LogP contribution in [-0.2, 0) is 4.79 Å². The molecular formula is C16H22N4O. The molecule has 5 nitrogen and oxygen atoms in total. The highest BCUT2D eigenvalue weighted by atomic mass is 16.2. The second kappa shape index (κ2) is 5.30. The highest BCUT2D eigenvalue weighted by Gasteiger charge is 2.47. The number of rotatable bonds is 4. The van der Waals surface area contributed by atoms with E-state index in [1.807, 2.05) is 12.1 Å². The third-order valence-electron chi connectivity index (χ3n) is 5.29. The molecule has 2 aliphatic carbocycles. The topological polar surface area (TPSA) is 66.0 Å². The van der Waals surface area contributed by atoms with Crippen molar-refractivity contribution in [3.63, 3.8) is 0 Å². The molecule has 3 fully saturated rings. The predicted octanol–water partition coefficient (Wildman–Crippen LogP) is 1.84. The number of fused-ring (bicyclic) bond motifs is 1. The molecule has 1 aromatic heterocycles. The Morgan fingerprint density at radius 2 is 2.19 bits per heavy atom. The van der Waals surface area contributed by atoms with E-state index in [-0.39, 0.29) is 11.8 Å². The molecule has 3 N–H and O–H groups in total. The quantitative estimate of drug-likeness (QED) is 0.790. The summed E-state index contributed by atoms with van der Waals surface area (Å²) < 4.78 is 0. The van der Waals surface area contributed by atoms with Crippen LogP contribution in [0, 0.1) is 17.8 Å². The fourth-order valence-corrected chi connectivity index (χ4v) is 3.64. The van der Waals surface area contributed by atoms with Crippen LogP contribution in [0.1, 0.15) is 25.7 Å². The molecule has 0 spiro atoms. The summed E-state index contributed by atoms with van der Waals surface area (Å²) in [4.78, 5) is 16.7. The van der Waals surface area contributed by atoms with Crippen molar-refractivity contribution in [3.05, 3.63) is 18.3 Å². The van der Waals surface area contributed by atoms with Crippen LogP contribution < -0.4 is 16.0 Å². The summed E-state index contributed by atoms with van der Waals surface area (Å²) >= 11 is 0. The molecule has 21 heavy (non-hydrogen) atoms. The Kier molecular flexibility index (Phi) is 3.30. The smallest absolute Gasteiger partial charge is 0.227 e. The molecule has 1 saturated heterocycles. The van der Waals surface area contributed by atoms with E-state index in [0.29, 0.717) is 17.9 Å². The van der Waals surface area contributed by atoms with Gasteiger partial charge in [-0.2, -0.15) is 0 Å². The van der Waals surface area contributed by atoms with Crippen LogP contribution in [0.5, 0.6) is 0 Å². The summed E-state index contributed by atoms with van der Waals surface area (Å²) in [6.07, 6.45) is 6.56. The van der Waals surface area contributed by atoms with Crippen LogP contribution in [0.4, 0.5) is 11.5 Å². The van der Waals surface area contributed by atoms with Crippen molar-refractivity contribution in [2.45, 2.75) is 31.7 Å². The average Bonchev–Trinajstić information content (AvgIpc) is 2.77. The van der Waals surface area contributed by atoms with E-state index < -0.39 is 0 Å². The van der Waals surface area contributed by atoms with Gasteiger partial charge in [0.05, 0.1) is 11.9 Å². The first kappa shape index (κ1) is 13.1. The zero-order valence-corrected chi connectivity index (χ0v) is 12.1. The first-order chi connectivity index (χ1) is 10.3. The molecule has 0 bridgehead atoms. The monoisotopic (exact) mass is 286 g/mol. The molecule has 3 atom stereocenters. The van der Waals surface area contributed by atoms with Crippen LogP contribution in [0.15, 0.2) is 18.3 Å². The minimum absolute atomic E-state index is 0.154. The highest BCUT2D eigenvalue weighted by molar-refractivity contribution is 5.93. The summed E-state index contributed by atoms with van der Waals surface area (Å²) in [5.41, 5.74) is 0.800. The lowest BCUT2D eigenvalue weighted by Gasteiger charge is -2.38. The predicted molar refractivity (Wildman–Crippen MR) is 82.1 cm³/mol. The van der Waals surface area contributed by atoms with Crippen molar-refractivity contribution >= 4 is 17.4 Å². The molecule has 1 aliphatic heterocycles. The highest BCUT2D eigenvalue weighted by Crippen LogP contribution is 2.43. The number of hydrogen-bond donors (Lipinski definition) is 3. The van der Waals surface area contributed by atoms with E-state index in [1.165, 1.54) is 19.3 Å². The van der Waals surface area contributed by atoms with Crippen molar-refractivity contribution in [2.75, 3.05) is 23.7 Å². The minimum Gasteiger partial charge on any atom is -0.367 e. The van der Waals surface area contributed by atoms with Gasteiger partial charge in [-0.25, -0.2) is 4.98 Å². The number of hydrogen-bond acceptors (Lipinski definition) is 4. The number of nitrogens with one attached hydrogen (secondary N) is 3. The Morgan fingerprint density at radius 3 is 2.86 bits per heavy atom. The summed E-state index contributed by atoms with van der Waals surface area (Å²) in [7, 11) is 0. The normalized spacial score (nSPS) is 31.0. The second-order valence-corrected chi connectivity index (χ2v) is 6.62. The molecule has 4 rings (SSSR count). The standard InChI is InChI=1S/C16H22N4O/c21-16(13-6-10-7-17-9-14(10)13)20-12-4-5-15(18-8-12)19-11-2-1-3-11/h4-5,8,10-11,13-14,17H,1-3,6-7,9H2,(H,18,19)(H,20,21)/t10-,13+,14+/m0/s1. The molecule has 0 unspecified atom stereocenters. The number of carbonyl (C=O) groups is 1. The third kappa shape index (κ3) is 2.50. The minimum atomic E-state index is 0.154. The second-order valence-electron chi connectivity index (χ2n) is 6.62. The first-order valence-electron chi connectivity index (χ1n) is 8.04. The lowest BCUT2D eigenvalue weighted by Crippen LogP contribution is -2.43. The van der Waals surface area contributed by atoms with Gasteiger partial charge < -0.3 is 16.0 Å². The number of carbonyl (C=O) groups excluding carboxylic acids is 1. The lowest BCUT2D eigenvalue weighted by molar-refractivity contribution is -0.126. The SMILES string of the molecule is O=C(Nc1ccc(NC2CCC2)nc1)[C@@H]1C[C@H]2CNC[C@H]21. The number of pyridine rings is 1. The zero-order chi connectivity index (χ0) is 14.2. The van der Waals surface area contributed by atoms with Gasteiger partial charge in [-0.05, 0) is 62.7 Å². The van der Waals surface area contributed by atoms with Gasteiger partial charge >= 0.3 is 0 Å². The number of amides is 1. The molecule has 2 saturated carbocycles. The van der Waals surface area contributed by atoms with Crippen molar-refractivity contribution in [1.82, 2.24) is 10.3 Å². The summed E-state index contributed by atoms with van der Waals surface area (Å²) in [6.45, 7) is 2.07. The van der Waals surface area contributed by atoms with E-state index >= 15 is 0 Å². The van der Waals surface area contributed by atoms with Gasteiger partial charge in [0.15, 0.2) is 0 Å². The largest absolute Gasteiger partial charge is 0.367 e. The van der Waals surface area contributed by atoms with Gasteiger partial charge in [0, 0.05) is 12.0 Å². The molecule has 112 valence electrons.